The molecule has 1 aliphatic carbocycles. The summed E-state index contributed by atoms with van der Waals surface area (Å²) in [5.74, 6) is -0.276. The lowest BCUT2D eigenvalue weighted by Crippen LogP contribution is -3.16. The number of amides is 2. The van der Waals surface area contributed by atoms with Crippen LogP contribution in [0.3, 0.4) is 0 Å². The number of aryl methyl sites for hydroxylation is 1. The maximum Gasteiger partial charge on any atom is 0.243 e. The Morgan fingerprint density at radius 3 is 2.04 bits per heavy atom. The topological polar surface area (TPSA) is 79.2 Å². The second-order valence-corrected chi connectivity index (χ2v) is 10.2. The number of nitrogens with one attached hydrogen (secondary N) is 1. The Labute approximate surface area is 166 Å². The van der Waals surface area contributed by atoms with E-state index in [2.05, 4.69) is 0 Å². The fourth-order valence-corrected chi connectivity index (χ4v) is 6.11. The SMILES string of the molecule is Cc1ccc(S(=O)(=O)N2CC[NH+](CN3C(=O)[C@H]4CCCC[C@@H]4C3=O)CC2)cc1. The van der Waals surface area contributed by atoms with Gasteiger partial charge in [0.1, 0.15) is 0 Å². The van der Waals surface area contributed by atoms with E-state index in [1.807, 2.05) is 6.92 Å². The second kappa shape index (κ2) is 7.57. The van der Waals surface area contributed by atoms with Crippen LogP contribution >= 0.6 is 0 Å². The van der Waals surface area contributed by atoms with Crippen LogP contribution in [0, 0.1) is 18.8 Å². The standard InChI is InChI=1S/C20H27N3O4S/c1-15-6-8-16(9-7-15)28(26,27)22-12-10-21(11-13-22)14-23-19(24)17-4-2-3-5-18(17)20(23)25/h6-9,17-18H,2-5,10-14H2,1H3/p+1/t17-,18-/m0/s1. The minimum absolute atomic E-state index is 0.0168. The summed E-state index contributed by atoms with van der Waals surface area (Å²) in [4.78, 5) is 28.1. The molecule has 0 aromatic heterocycles. The molecule has 2 heterocycles. The first-order valence-electron chi connectivity index (χ1n) is 10.1. The van der Waals surface area contributed by atoms with Gasteiger partial charge in [-0.1, -0.05) is 30.5 Å². The van der Waals surface area contributed by atoms with Crippen molar-refractivity contribution in [3.63, 3.8) is 0 Å². The predicted octanol–water partition coefficient (Wildman–Crippen LogP) is 0.0169. The van der Waals surface area contributed by atoms with E-state index in [0.717, 1.165) is 36.1 Å². The zero-order valence-electron chi connectivity index (χ0n) is 16.3. The molecule has 8 heteroatoms. The average molecular weight is 407 g/mol. The van der Waals surface area contributed by atoms with Crippen LogP contribution in [0.25, 0.3) is 0 Å². The summed E-state index contributed by atoms with van der Waals surface area (Å²) >= 11 is 0. The molecule has 152 valence electrons. The van der Waals surface area contributed by atoms with Gasteiger partial charge in [0.05, 0.1) is 42.9 Å². The highest BCUT2D eigenvalue weighted by molar-refractivity contribution is 7.89. The zero-order valence-corrected chi connectivity index (χ0v) is 17.1. The number of benzene rings is 1. The lowest BCUT2D eigenvalue weighted by Gasteiger charge is -2.33. The number of hydrogen-bond acceptors (Lipinski definition) is 4. The van der Waals surface area contributed by atoms with E-state index in [1.165, 1.54) is 9.21 Å². The van der Waals surface area contributed by atoms with Crippen molar-refractivity contribution in [3.8, 4) is 0 Å². The lowest BCUT2D eigenvalue weighted by atomic mass is 9.81. The fourth-order valence-electron chi connectivity index (χ4n) is 4.67. The van der Waals surface area contributed by atoms with Crippen molar-refractivity contribution in [3.05, 3.63) is 29.8 Å². The Morgan fingerprint density at radius 2 is 1.50 bits per heavy atom. The van der Waals surface area contributed by atoms with E-state index in [0.29, 0.717) is 37.7 Å². The molecule has 3 fully saturated rings. The van der Waals surface area contributed by atoms with Gasteiger partial charge in [0, 0.05) is 0 Å². The van der Waals surface area contributed by atoms with Crippen molar-refractivity contribution in [2.75, 3.05) is 32.8 Å². The smallest absolute Gasteiger partial charge is 0.243 e. The van der Waals surface area contributed by atoms with E-state index in [-0.39, 0.29) is 23.7 Å². The third-order valence-electron chi connectivity index (χ3n) is 6.40. The molecule has 2 atom stereocenters. The van der Waals surface area contributed by atoms with Crippen LogP contribution in [-0.2, 0) is 19.6 Å². The summed E-state index contributed by atoms with van der Waals surface area (Å²) in [5, 5.41) is 0. The van der Waals surface area contributed by atoms with Crippen LogP contribution in [-0.4, -0.2) is 62.3 Å². The quantitative estimate of drug-likeness (QED) is 0.715. The molecule has 4 rings (SSSR count). The van der Waals surface area contributed by atoms with Gasteiger partial charge < -0.3 is 4.90 Å². The van der Waals surface area contributed by atoms with Crippen molar-refractivity contribution < 1.29 is 22.9 Å². The minimum atomic E-state index is -3.50. The summed E-state index contributed by atoms with van der Waals surface area (Å²) in [5.41, 5.74) is 1.02. The number of quaternary nitrogens is 1. The van der Waals surface area contributed by atoms with Gasteiger partial charge in [0.2, 0.25) is 21.8 Å². The van der Waals surface area contributed by atoms with E-state index >= 15 is 0 Å². The number of rotatable bonds is 4. The molecule has 1 aromatic rings. The fraction of sp³-hybridized carbons (Fsp3) is 0.600. The van der Waals surface area contributed by atoms with Gasteiger partial charge in [-0.3, -0.25) is 9.59 Å². The largest absolute Gasteiger partial charge is 0.315 e. The number of likely N-dealkylation sites (tertiary alicyclic amines) is 1. The monoisotopic (exact) mass is 406 g/mol. The number of fused-ring (bicyclic) bond motifs is 1. The first kappa shape index (κ1) is 19.5. The van der Waals surface area contributed by atoms with Gasteiger partial charge in [-0.15, -0.1) is 0 Å². The molecule has 2 amide bonds. The molecule has 1 saturated carbocycles. The Kier molecular flexibility index (Phi) is 5.28. The molecule has 1 aromatic carbocycles. The number of nitrogens with zero attached hydrogens (tertiary/aromatic N) is 2. The summed E-state index contributed by atoms with van der Waals surface area (Å²) in [6.07, 6.45) is 3.69. The van der Waals surface area contributed by atoms with Gasteiger partial charge in [-0.25, -0.2) is 13.3 Å². The normalized spacial score (nSPS) is 27.2. The van der Waals surface area contributed by atoms with E-state index in [1.54, 1.807) is 24.3 Å². The van der Waals surface area contributed by atoms with Crippen LogP contribution in [0.1, 0.15) is 31.2 Å². The highest BCUT2D eigenvalue weighted by Crippen LogP contribution is 2.37. The third kappa shape index (κ3) is 3.49. The Balaban J connectivity index is 1.37. The summed E-state index contributed by atoms with van der Waals surface area (Å²) in [6, 6.07) is 6.90. The van der Waals surface area contributed by atoms with E-state index in [4.69, 9.17) is 0 Å². The first-order valence-corrected chi connectivity index (χ1v) is 11.6. The van der Waals surface area contributed by atoms with Crippen molar-refractivity contribution in [2.45, 2.75) is 37.5 Å². The summed E-state index contributed by atoms with van der Waals surface area (Å²) in [6.45, 7) is 4.27. The van der Waals surface area contributed by atoms with Gasteiger partial charge in [-0.05, 0) is 31.9 Å². The molecule has 0 unspecified atom stereocenters. The maximum atomic E-state index is 12.8. The molecule has 3 aliphatic rings. The minimum Gasteiger partial charge on any atom is -0.315 e. The molecule has 28 heavy (non-hydrogen) atoms. The van der Waals surface area contributed by atoms with Crippen molar-refractivity contribution in [1.29, 1.82) is 0 Å². The molecular formula is C20H28N3O4S+. The van der Waals surface area contributed by atoms with E-state index < -0.39 is 10.0 Å². The number of carbonyl (C=O) groups is 2. The Morgan fingerprint density at radius 1 is 0.964 bits per heavy atom. The van der Waals surface area contributed by atoms with Crippen LogP contribution in [0.2, 0.25) is 0 Å². The van der Waals surface area contributed by atoms with Crippen molar-refractivity contribution >= 4 is 21.8 Å². The van der Waals surface area contributed by atoms with Gasteiger partial charge >= 0.3 is 0 Å². The van der Waals surface area contributed by atoms with Crippen LogP contribution < -0.4 is 4.90 Å². The van der Waals surface area contributed by atoms with Crippen LogP contribution in [0.4, 0.5) is 0 Å². The number of imide groups is 1. The van der Waals surface area contributed by atoms with Crippen molar-refractivity contribution in [2.24, 2.45) is 11.8 Å². The van der Waals surface area contributed by atoms with Crippen molar-refractivity contribution in [1.82, 2.24) is 9.21 Å². The average Bonchev–Trinajstić information content (AvgIpc) is 2.94. The van der Waals surface area contributed by atoms with E-state index in [9.17, 15) is 18.0 Å². The third-order valence-corrected chi connectivity index (χ3v) is 8.32. The molecular weight excluding hydrogens is 378 g/mol. The number of piperazine rings is 1. The molecule has 0 spiro atoms. The summed E-state index contributed by atoms with van der Waals surface area (Å²) < 4.78 is 27.2. The van der Waals surface area contributed by atoms with Crippen LogP contribution in [0.5, 0.6) is 0 Å². The molecule has 1 N–H and O–H groups in total. The Bertz CT molecular complexity index is 836. The molecule has 2 aliphatic heterocycles. The molecule has 2 saturated heterocycles. The highest BCUT2D eigenvalue weighted by Gasteiger charge is 2.49. The van der Waals surface area contributed by atoms with Gasteiger partial charge in [0.15, 0.2) is 6.67 Å². The highest BCUT2D eigenvalue weighted by atomic mass is 32.2. The molecule has 0 radical (unpaired) electrons. The maximum absolute atomic E-state index is 12.8. The Hall–Kier alpha value is -1.77. The zero-order chi connectivity index (χ0) is 19.9. The first-order chi connectivity index (χ1) is 13.4. The lowest BCUT2D eigenvalue weighted by molar-refractivity contribution is -0.910. The number of carbonyl (C=O) groups excluding carboxylic acids is 2. The number of sulfonamides is 1. The van der Waals surface area contributed by atoms with Crippen LogP contribution in [0.15, 0.2) is 29.2 Å². The second-order valence-electron chi connectivity index (χ2n) is 8.23. The summed E-state index contributed by atoms with van der Waals surface area (Å²) in [7, 11) is -3.50. The number of hydrogen-bond donors (Lipinski definition) is 1. The predicted molar refractivity (Wildman–Crippen MR) is 103 cm³/mol. The molecule has 7 nitrogen and oxygen atoms in total. The van der Waals surface area contributed by atoms with Gasteiger partial charge in [0.25, 0.3) is 0 Å². The van der Waals surface area contributed by atoms with Gasteiger partial charge in [-0.2, -0.15) is 4.31 Å². The molecule has 0 bridgehead atoms.